The van der Waals surface area contributed by atoms with Gasteiger partial charge in [-0.3, -0.25) is 4.79 Å². The molecule has 1 aliphatic rings. The van der Waals surface area contributed by atoms with Crippen LogP contribution in [0.5, 0.6) is 0 Å². The second kappa shape index (κ2) is 6.97. The Kier molecular flexibility index (Phi) is 5.89. The first-order chi connectivity index (χ1) is 8.88. The molecule has 1 aliphatic heterocycles. The molecule has 0 aromatic rings. The molecular formula is C14H24N3OP. The monoisotopic (exact) mass is 281 g/mol. The maximum absolute atomic E-state index is 11.8. The zero-order valence-corrected chi connectivity index (χ0v) is 13.6. The van der Waals surface area contributed by atoms with E-state index in [1.54, 1.807) is 6.92 Å². The Morgan fingerprint density at radius 3 is 2.58 bits per heavy atom. The average molecular weight is 281 g/mol. The van der Waals surface area contributed by atoms with Crippen LogP contribution in [0, 0.1) is 0 Å². The lowest BCUT2D eigenvalue weighted by Crippen LogP contribution is -2.24. The lowest BCUT2D eigenvalue weighted by molar-refractivity contribution is -0.113. The van der Waals surface area contributed by atoms with Crippen molar-refractivity contribution in [3.63, 3.8) is 0 Å². The fraction of sp³-hybridized carbons (Fsp3) is 0.571. The van der Waals surface area contributed by atoms with Crippen molar-refractivity contribution in [1.82, 2.24) is 10.2 Å². The smallest absolute Gasteiger partial charge is 0.159 e. The van der Waals surface area contributed by atoms with Crippen molar-refractivity contribution >= 4 is 20.7 Å². The van der Waals surface area contributed by atoms with E-state index in [4.69, 9.17) is 0 Å². The van der Waals surface area contributed by atoms with Crippen molar-refractivity contribution in [2.75, 3.05) is 13.6 Å². The molecule has 0 saturated carbocycles. The first-order valence-electron chi connectivity index (χ1n) is 6.50. The number of allylic oxidation sites excluding steroid dienone is 1. The zero-order valence-electron chi connectivity index (χ0n) is 12.4. The van der Waals surface area contributed by atoms with Gasteiger partial charge in [0.15, 0.2) is 5.78 Å². The Morgan fingerprint density at radius 2 is 2.11 bits per heavy atom. The highest BCUT2D eigenvalue weighted by molar-refractivity contribution is 7.17. The third kappa shape index (κ3) is 3.99. The number of Topliss-reactive ketones (excluding diaryl/α,β-unsaturated/α-hetero) is 1. The molecule has 5 heteroatoms. The van der Waals surface area contributed by atoms with Crippen LogP contribution in [0.3, 0.4) is 0 Å². The SMILES string of the molecule is CNCC=C(C)N1C(N=C(C)C)=C(C(C)=O)CC1P. The molecule has 0 fully saturated rings. The number of carbonyl (C=O) groups excluding carboxylic acids is 1. The molecule has 0 saturated heterocycles. The summed E-state index contributed by atoms with van der Waals surface area (Å²) in [6.45, 7) is 8.37. The van der Waals surface area contributed by atoms with Gasteiger partial charge in [-0.15, -0.1) is 9.24 Å². The number of likely N-dealkylation sites (N-methyl/N-ethyl adjacent to an activating group) is 1. The summed E-state index contributed by atoms with van der Waals surface area (Å²) in [6.07, 6.45) is 2.84. The fourth-order valence-corrected chi connectivity index (χ4v) is 2.72. The van der Waals surface area contributed by atoms with Crippen molar-refractivity contribution < 1.29 is 4.79 Å². The molecule has 0 bridgehead atoms. The van der Waals surface area contributed by atoms with E-state index in [-0.39, 0.29) is 11.6 Å². The van der Waals surface area contributed by atoms with Crippen LogP contribution in [0.1, 0.15) is 34.1 Å². The first kappa shape index (κ1) is 16.1. The van der Waals surface area contributed by atoms with Gasteiger partial charge in [0.25, 0.3) is 0 Å². The summed E-state index contributed by atoms with van der Waals surface area (Å²) in [4.78, 5) is 18.5. The summed E-state index contributed by atoms with van der Waals surface area (Å²) in [7, 11) is 4.72. The van der Waals surface area contributed by atoms with E-state index in [1.807, 2.05) is 20.9 Å². The number of nitrogens with one attached hydrogen (secondary N) is 1. The number of hydrogen-bond acceptors (Lipinski definition) is 4. The van der Waals surface area contributed by atoms with Crippen LogP contribution < -0.4 is 5.32 Å². The largest absolute Gasteiger partial charge is 0.323 e. The van der Waals surface area contributed by atoms with E-state index in [1.165, 1.54) is 0 Å². The van der Waals surface area contributed by atoms with Crippen molar-refractivity contribution in [2.45, 2.75) is 39.9 Å². The van der Waals surface area contributed by atoms with Gasteiger partial charge in [-0.25, -0.2) is 4.99 Å². The van der Waals surface area contributed by atoms with Crippen LogP contribution in [0.25, 0.3) is 0 Å². The summed E-state index contributed by atoms with van der Waals surface area (Å²) >= 11 is 0. The van der Waals surface area contributed by atoms with Gasteiger partial charge >= 0.3 is 0 Å². The molecular weight excluding hydrogens is 257 g/mol. The average Bonchev–Trinajstić information content (AvgIpc) is 2.62. The molecule has 106 valence electrons. The molecule has 0 radical (unpaired) electrons. The number of carbonyl (C=O) groups is 1. The summed E-state index contributed by atoms with van der Waals surface area (Å²) < 4.78 is 0. The fourth-order valence-electron chi connectivity index (χ4n) is 2.11. The molecule has 0 amide bonds. The van der Waals surface area contributed by atoms with E-state index in [9.17, 15) is 4.79 Å². The van der Waals surface area contributed by atoms with Crippen LogP contribution in [-0.2, 0) is 4.79 Å². The van der Waals surface area contributed by atoms with Gasteiger partial charge in [0, 0.05) is 29.9 Å². The number of nitrogens with zero attached hydrogens (tertiary/aromatic N) is 2. The minimum Gasteiger partial charge on any atom is -0.323 e. The second-order valence-corrected chi connectivity index (χ2v) is 5.73. The Hall–Kier alpha value is -0.990. The van der Waals surface area contributed by atoms with Gasteiger partial charge in [0.1, 0.15) is 5.82 Å². The predicted octanol–water partition coefficient (Wildman–Crippen LogP) is 2.30. The van der Waals surface area contributed by atoms with E-state index < -0.39 is 0 Å². The van der Waals surface area contributed by atoms with Gasteiger partial charge in [0.2, 0.25) is 0 Å². The highest BCUT2D eigenvalue weighted by atomic mass is 31.0. The highest BCUT2D eigenvalue weighted by Gasteiger charge is 2.31. The molecule has 2 unspecified atom stereocenters. The Morgan fingerprint density at radius 1 is 1.47 bits per heavy atom. The van der Waals surface area contributed by atoms with Crippen LogP contribution in [0.15, 0.2) is 28.2 Å². The van der Waals surface area contributed by atoms with Crippen LogP contribution in [0.4, 0.5) is 0 Å². The number of rotatable bonds is 5. The first-order valence-corrected chi connectivity index (χ1v) is 7.17. The molecule has 0 aromatic heterocycles. The number of ketones is 1. The molecule has 19 heavy (non-hydrogen) atoms. The van der Waals surface area contributed by atoms with Crippen molar-refractivity contribution in [2.24, 2.45) is 4.99 Å². The summed E-state index contributed by atoms with van der Waals surface area (Å²) in [5, 5.41) is 3.10. The van der Waals surface area contributed by atoms with Crippen molar-refractivity contribution in [3.05, 3.63) is 23.2 Å². The third-order valence-corrected chi connectivity index (χ3v) is 3.51. The minimum atomic E-state index is 0.108. The molecule has 1 rings (SSSR count). The number of hydrogen-bond donors (Lipinski definition) is 1. The second-order valence-electron chi connectivity index (χ2n) is 4.96. The van der Waals surface area contributed by atoms with Gasteiger partial charge in [-0.1, -0.05) is 6.08 Å². The van der Waals surface area contributed by atoms with Crippen LogP contribution in [-0.4, -0.2) is 35.8 Å². The van der Waals surface area contributed by atoms with Gasteiger partial charge in [0.05, 0.1) is 5.78 Å². The minimum absolute atomic E-state index is 0.108. The van der Waals surface area contributed by atoms with Crippen molar-refractivity contribution in [3.8, 4) is 0 Å². The molecule has 2 atom stereocenters. The lowest BCUT2D eigenvalue weighted by atomic mass is 10.1. The molecule has 1 heterocycles. The van der Waals surface area contributed by atoms with Gasteiger partial charge < -0.3 is 10.2 Å². The van der Waals surface area contributed by atoms with E-state index in [0.29, 0.717) is 0 Å². The Balaban J connectivity index is 3.20. The summed E-state index contributed by atoms with van der Waals surface area (Å²) in [5.74, 6) is 1.11. The summed E-state index contributed by atoms with van der Waals surface area (Å²) in [5.41, 5.74) is 2.89. The van der Waals surface area contributed by atoms with E-state index in [2.05, 4.69) is 37.4 Å². The molecule has 4 nitrogen and oxygen atoms in total. The maximum atomic E-state index is 11.8. The third-order valence-electron chi connectivity index (χ3n) is 2.98. The highest BCUT2D eigenvalue weighted by Crippen LogP contribution is 2.36. The molecule has 0 aliphatic carbocycles. The maximum Gasteiger partial charge on any atom is 0.159 e. The molecule has 0 spiro atoms. The standard InChI is InChI=1S/C14H24N3OP/c1-9(2)16-14-12(11(4)18)8-13(19)17(14)10(3)6-7-15-5/h6,13,15H,7-8,19H2,1-5H3. The van der Waals surface area contributed by atoms with E-state index >= 15 is 0 Å². The van der Waals surface area contributed by atoms with Crippen LogP contribution in [0.2, 0.25) is 0 Å². The lowest BCUT2D eigenvalue weighted by Gasteiger charge is -2.26. The van der Waals surface area contributed by atoms with Crippen LogP contribution >= 0.6 is 9.24 Å². The molecule has 0 aromatic carbocycles. The normalized spacial score (nSPS) is 20.0. The zero-order chi connectivity index (χ0) is 14.6. The molecule has 1 N–H and O–H groups in total. The van der Waals surface area contributed by atoms with Gasteiger partial charge in [-0.2, -0.15) is 0 Å². The predicted molar refractivity (Wildman–Crippen MR) is 84.1 cm³/mol. The quantitative estimate of drug-likeness (QED) is 0.621. The Bertz CT molecular complexity index is 448. The summed E-state index contributed by atoms with van der Waals surface area (Å²) in [6, 6.07) is 0. The van der Waals surface area contributed by atoms with Gasteiger partial charge in [-0.05, 0) is 34.7 Å². The van der Waals surface area contributed by atoms with E-state index in [0.717, 1.165) is 35.8 Å². The van der Waals surface area contributed by atoms with Crippen molar-refractivity contribution in [1.29, 1.82) is 0 Å². The Labute approximate surface area is 118 Å². The number of aliphatic imine (C=N–C) groups is 1. The topological polar surface area (TPSA) is 44.7 Å².